The molecule has 0 aromatic carbocycles. The first-order chi connectivity index (χ1) is 10.1. The first-order valence-electron chi connectivity index (χ1n) is 6.52. The van der Waals surface area contributed by atoms with Gasteiger partial charge in [-0.25, -0.2) is 14.5 Å². The van der Waals surface area contributed by atoms with Crippen molar-refractivity contribution in [3.8, 4) is 0 Å². The highest BCUT2D eigenvalue weighted by molar-refractivity contribution is 6.01. The number of H-pyrrole nitrogens is 1. The van der Waals surface area contributed by atoms with Crippen molar-refractivity contribution in [3.63, 3.8) is 0 Å². The average Bonchev–Trinajstić information content (AvgIpc) is 3.03. The number of fused-ring (bicyclic) bond motifs is 1. The first-order valence-corrected chi connectivity index (χ1v) is 6.52. The van der Waals surface area contributed by atoms with E-state index in [9.17, 15) is 4.79 Å². The van der Waals surface area contributed by atoms with E-state index >= 15 is 0 Å². The van der Waals surface area contributed by atoms with E-state index in [4.69, 9.17) is 0 Å². The lowest BCUT2D eigenvalue weighted by molar-refractivity contribution is 0.0951. The van der Waals surface area contributed by atoms with E-state index < -0.39 is 0 Å². The van der Waals surface area contributed by atoms with Gasteiger partial charge >= 0.3 is 0 Å². The Labute approximate surface area is 120 Å². The maximum Gasteiger partial charge on any atom is 0.257 e. The van der Waals surface area contributed by atoms with Crippen LogP contribution in [0.4, 0.5) is 0 Å². The third-order valence-corrected chi connectivity index (χ3v) is 3.18. The van der Waals surface area contributed by atoms with Crippen molar-refractivity contribution in [2.45, 2.75) is 27.3 Å². The molecule has 0 unspecified atom stereocenters. The number of carbonyl (C=O) groups is 1. The Bertz CT molecular complexity index is 804. The van der Waals surface area contributed by atoms with Gasteiger partial charge in [0.1, 0.15) is 17.7 Å². The molecule has 8 heteroatoms. The Balaban J connectivity index is 1.95. The average molecular weight is 285 g/mol. The van der Waals surface area contributed by atoms with Crippen LogP contribution in [0.25, 0.3) is 5.65 Å². The highest BCUT2D eigenvalue weighted by Gasteiger charge is 2.19. The summed E-state index contributed by atoms with van der Waals surface area (Å²) in [5, 5.41) is 13.6. The molecular weight excluding hydrogens is 270 g/mol. The fourth-order valence-corrected chi connectivity index (χ4v) is 2.26. The van der Waals surface area contributed by atoms with Gasteiger partial charge in [-0.1, -0.05) is 0 Å². The number of hydrogen-bond donors (Lipinski definition) is 2. The van der Waals surface area contributed by atoms with Crippen LogP contribution in [0.1, 0.15) is 33.3 Å². The lowest BCUT2D eigenvalue weighted by atomic mass is 10.2. The van der Waals surface area contributed by atoms with Gasteiger partial charge in [0, 0.05) is 11.4 Å². The molecule has 0 radical (unpaired) electrons. The van der Waals surface area contributed by atoms with Crippen LogP contribution in [0.3, 0.4) is 0 Å². The monoisotopic (exact) mass is 285 g/mol. The second-order valence-corrected chi connectivity index (χ2v) is 4.85. The largest absolute Gasteiger partial charge is 0.345 e. The highest BCUT2D eigenvalue weighted by Crippen LogP contribution is 2.16. The van der Waals surface area contributed by atoms with Gasteiger partial charge in [0.15, 0.2) is 5.65 Å². The van der Waals surface area contributed by atoms with E-state index in [1.807, 2.05) is 19.9 Å². The molecule has 3 rings (SSSR count). The second kappa shape index (κ2) is 4.97. The molecule has 0 atom stereocenters. The Morgan fingerprint density at radius 1 is 1.38 bits per heavy atom. The van der Waals surface area contributed by atoms with Gasteiger partial charge in [0.2, 0.25) is 0 Å². The number of aromatic nitrogens is 6. The van der Waals surface area contributed by atoms with Crippen molar-refractivity contribution in [3.05, 3.63) is 40.9 Å². The molecular formula is C13H15N7O. The molecule has 1 amide bonds. The topological polar surface area (TPSA) is 101 Å². The summed E-state index contributed by atoms with van der Waals surface area (Å²) in [6, 6.07) is 1.93. The number of nitrogens with one attached hydrogen (secondary N) is 2. The van der Waals surface area contributed by atoms with Crippen LogP contribution in [0.5, 0.6) is 0 Å². The molecule has 3 heterocycles. The van der Waals surface area contributed by atoms with E-state index in [0.29, 0.717) is 22.7 Å². The van der Waals surface area contributed by atoms with E-state index in [-0.39, 0.29) is 12.5 Å². The van der Waals surface area contributed by atoms with E-state index in [1.54, 1.807) is 11.4 Å². The van der Waals surface area contributed by atoms with Gasteiger partial charge in [0.05, 0.1) is 12.2 Å². The van der Waals surface area contributed by atoms with Gasteiger partial charge in [-0.2, -0.15) is 10.2 Å². The zero-order valence-corrected chi connectivity index (χ0v) is 12.0. The smallest absolute Gasteiger partial charge is 0.257 e. The molecule has 0 bridgehead atoms. The lowest BCUT2D eigenvalue weighted by Gasteiger charge is -2.04. The Kier molecular flexibility index (Phi) is 3.13. The van der Waals surface area contributed by atoms with Gasteiger partial charge in [-0.15, -0.1) is 0 Å². The number of nitrogens with zero attached hydrogens (tertiary/aromatic N) is 5. The molecule has 8 nitrogen and oxygen atoms in total. The van der Waals surface area contributed by atoms with Crippen LogP contribution in [0.15, 0.2) is 12.4 Å². The quantitative estimate of drug-likeness (QED) is 0.737. The maximum absolute atomic E-state index is 12.4. The van der Waals surface area contributed by atoms with Gasteiger partial charge in [0.25, 0.3) is 5.91 Å². The fourth-order valence-electron chi connectivity index (χ4n) is 2.26. The number of amides is 1. The minimum atomic E-state index is -0.226. The van der Waals surface area contributed by atoms with Crippen LogP contribution in [0.2, 0.25) is 0 Å². The van der Waals surface area contributed by atoms with Gasteiger partial charge in [-0.3, -0.25) is 9.89 Å². The molecule has 3 aromatic rings. The second-order valence-electron chi connectivity index (χ2n) is 4.85. The summed E-state index contributed by atoms with van der Waals surface area (Å²) in [5.74, 6) is 0.370. The summed E-state index contributed by atoms with van der Waals surface area (Å²) in [7, 11) is 0. The van der Waals surface area contributed by atoms with Crippen molar-refractivity contribution in [1.82, 2.24) is 35.1 Å². The van der Waals surface area contributed by atoms with E-state index in [1.165, 1.54) is 6.33 Å². The predicted molar refractivity (Wildman–Crippen MR) is 74.8 cm³/mol. The van der Waals surface area contributed by atoms with Crippen molar-refractivity contribution in [2.24, 2.45) is 0 Å². The summed E-state index contributed by atoms with van der Waals surface area (Å²) in [6.07, 6.45) is 1.40. The number of hydrogen-bond acceptors (Lipinski definition) is 5. The summed E-state index contributed by atoms with van der Waals surface area (Å²) in [4.78, 5) is 20.8. The molecule has 0 aliphatic heterocycles. The van der Waals surface area contributed by atoms with Crippen molar-refractivity contribution in [2.75, 3.05) is 0 Å². The number of carbonyl (C=O) groups excluding carboxylic acids is 1. The van der Waals surface area contributed by atoms with Crippen LogP contribution in [-0.2, 0) is 6.54 Å². The van der Waals surface area contributed by atoms with E-state index in [0.717, 1.165) is 11.4 Å². The summed E-state index contributed by atoms with van der Waals surface area (Å²) >= 11 is 0. The van der Waals surface area contributed by atoms with E-state index in [2.05, 4.69) is 30.6 Å². The normalized spacial score (nSPS) is 11.0. The minimum absolute atomic E-state index is 0.226. The SMILES string of the molecule is Cc1cc(C)n2nc(C)c(C(=O)NCc3ncn[nH]3)c2n1. The van der Waals surface area contributed by atoms with Crippen molar-refractivity contribution >= 4 is 11.6 Å². The van der Waals surface area contributed by atoms with Crippen LogP contribution in [0, 0.1) is 20.8 Å². The zero-order valence-electron chi connectivity index (χ0n) is 12.0. The molecule has 0 aliphatic rings. The predicted octanol–water partition coefficient (Wildman–Crippen LogP) is 0.703. The summed E-state index contributed by atoms with van der Waals surface area (Å²) in [5.41, 5.74) is 3.49. The zero-order chi connectivity index (χ0) is 15.0. The molecule has 21 heavy (non-hydrogen) atoms. The molecule has 2 N–H and O–H groups in total. The fraction of sp³-hybridized carbons (Fsp3) is 0.308. The molecule has 0 saturated carbocycles. The summed E-state index contributed by atoms with van der Waals surface area (Å²) < 4.78 is 1.69. The Morgan fingerprint density at radius 2 is 2.19 bits per heavy atom. The number of aromatic amines is 1. The van der Waals surface area contributed by atoms with Crippen LogP contribution in [-0.4, -0.2) is 35.7 Å². The number of rotatable bonds is 3. The molecule has 0 spiro atoms. The third kappa shape index (κ3) is 2.35. The lowest BCUT2D eigenvalue weighted by Crippen LogP contribution is -2.24. The molecule has 0 saturated heterocycles. The minimum Gasteiger partial charge on any atom is -0.345 e. The standard InChI is InChI=1S/C13H15N7O/c1-7-4-8(2)20-12(17-7)11(9(3)19-20)13(21)14-5-10-15-6-16-18-10/h4,6H,5H2,1-3H3,(H,14,21)(H,15,16,18). The van der Waals surface area contributed by atoms with Crippen molar-refractivity contribution < 1.29 is 4.79 Å². The Morgan fingerprint density at radius 3 is 2.90 bits per heavy atom. The first kappa shape index (κ1) is 13.2. The molecule has 3 aromatic heterocycles. The van der Waals surface area contributed by atoms with Crippen LogP contribution < -0.4 is 5.32 Å². The maximum atomic E-state index is 12.4. The molecule has 0 fully saturated rings. The third-order valence-electron chi connectivity index (χ3n) is 3.18. The Hall–Kier alpha value is -2.77. The summed E-state index contributed by atoms with van der Waals surface area (Å²) in [6.45, 7) is 5.91. The highest BCUT2D eigenvalue weighted by atomic mass is 16.1. The molecule has 0 aliphatic carbocycles. The number of aryl methyl sites for hydroxylation is 3. The van der Waals surface area contributed by atoms with Crippen LogP contribution >= 0.6 is 0 Å². The molecule has 108 valence electrons. The van der Waals surface area contributed by atoms with Gasteiger partial charge in [-0.05, 0) is 26.8 Å². The van der Waals surface area contributed by atoms with Crippen molar-refractivity contribution in [1.29, 1.82) is 0 Å². The van der Waals surface area contributed by atoms with Gasteiger partial charge < -0.3 is 5.32 Å².